The lowest BCUT2D eigenvalue weighted by molar-refractivity contribution is 0.304. The summed E-state index contributed by atoms with van der Waals surface area (Å²) in [6, 6.07) is 23.6. The number of benzene rings is 3. The van der Waals surface area contributed by atoms with Gasteiger partial charge in [-0.15, -0.1) is 0 Å². The molecule has 3 aromatic rings. The fraction of sp³-hybridized carbons (Fsp3) is 0.333. The van der Waals surface area contributed by atoms with E-state index in [-0.39, 0.29) is 5.82 Å². The molecule has 0 heterocycles. The van der Waals surface area contributed by atoms with Gasteiger partial charge in [-0.2, -0.15) is 0 Å². The van der Waals surface area contributed by atoms with Crippen molar-refractivity contribution in [3.05, 3.63) is 95.3 Å². The van der Waals surface area contributed by atoms with Gasteiger partial charge in [0.15, 0.2) is 0 Å². The normalized spacial score (nSPS) is 14.4. The summed E-state index contributed by atoms with van der Waals surface area (Å²) in [5, 5.41) is 3.39. The van der Waals surface area contributed by atoms with E-state index in [1.807, 2.05) is 36.4 Å². The van der Waals surface area contributed by atoms with E-state index in [0.717, 1.165) is 35.5 Å². The number of para-hydroxylation sites is 1. The smallest absolute Gasteiger partial charge is 0.123 e. The molecule has 0 aliphatic heterocycles. The number of hydrogen-bond acceptors (Lipinski definition) is 2. The Hall–Kier alpha value is -2.81. The SMILES string of the molecule is Fc1ccc(COc2ccc(C3CCCCC3)cc2)c(CCNc2ccccc2)c1. The molecule has 3 heteroatoms. The lowest BCUT2D eigenvalue weighted by atomic mass is 9.84. The van der Waals surface area contributed by atoms with Crippen LogP contribution in [0.4, 0.5) is 10.1 Å². The molecule has 0 amide bonds. The Morgan fingerprint density at radius 3 is 2.37 bits per heavy atom. The number of rotatable bonds is 8. The average Bonchev–Trinajstić information content (AvgIpc) is 2.80. The Morgan fingerprint density at radius 1 is 0.833 bits per heavy atom. The fourth-order valence-electron chi connectivity index (χ4n) is 4.30. The highest BCUT2D eigenvalue weighted by molar-refractivity contribution is 5.42. The molecule has 1 aliphatic rings. The molecule has 0 aromatic heterocycles. The second-order valence-corrected chi connectivity index (χ2v) is 8.15. The van der Waals surface area contributed by atoms with Crippen molar-refractivity contribution < 1.29 is 9.13 Å². The summed E-state index contributed by atoms with van der Waals surface area (Å²) in [6.45, 7) is 1.19. The second-order valence-electron chi connectivity index (χ2n) is 8.15. The third kappa shape index (κ3) is 5.63. The molecule has 0 atom stereocenters. The molecule has 0 unspecified atom stereocenters. The third-order valence-corrected chi connectivity index (χ3v) is 6.02. The topological polar surface area (TPSA) is 21.3 Å². The number of hydrogen-bond donors (Lipinski definition) is 1. The molecule has 1 saturated carbocycles. The van der Waals surface area contributed by atoms with Crippen molar-refractivity contribution in [2.75, 3.05) is 11.9 Å². The summed E-state index contributed by atoms with van der Waals surface area (Å²) in [4.78, 5) is 0. The van der Waals surface area contributed by atoms with Crippen LogP contribution in [0.25, 0.3) is 0 Å². The first kappa shape index (κ1) is 20.5. The van der Waals surface area contributed by atoms with E-state index in [1.165, 1.54) is 43.7 Å². The van der Waals surface area contributed by atoms with Crippen LogP contribution in [0.1, 0.15) is 54.7 Å². The average molecular weight is 404 g/mol. The van der Waals surface area contributed by atoms with E-state index in [2.05, 4.69) is 29.6 Å². The van der Waals surface area contributed by atoms with Gasteiger partial charge in [0.05, 0.1) is 0 Å². The minimum atomic E-state index is -0.203. The van der Waals surface area contributed by atoms with E-state index in [9.17, 15) is 4.39 Å². The van der Waals surface area contributed by atoms with Crippen molar-refractivity contribution in [2.45, 2.75) is 51.0 Å². The maximum atomic E-state index is 13.8. The van der Waals surface area contributed by atoms with Crippen LogP contribution < -0.4 is 10.1 Å². The molecule has 1 aliphatic carbocycles. The van der Waals surface area contributed by atoms with Gasteiger partial charge in [0.25, 0.3) is 0 Å². The fourth-order valence-corrected chi connectivity index (χ4v) is 4.30. The maximum Gasteiger partial charge on any atom is 0.123 e. The molecule has 156 valence electrons. The predicted octanol–water partition coefficient (Wildman–Crippen LogP) is 7.11. The molecule has 0 bridgehead atoms. The van der Waals surface area contributed by atoms with Gasteiger partial charge in [-0.05, 0) is 78.3 Å². The molecule has 0 radical (unpaired) electrons. The van der Waals surface area contributed by atoms with Crippen molar-refractivity contribution in [1.82, 2.24) is 0 Å². The zero-order chi connectivity index (χ0) is 20.6. The van der Waals surface area contributed by atoms with Crippen molar-refractivity contribution in [3.8, 4) is 5.75 Å². The van der Waals surface area contributed by atoms with Gasteiger partial charge in [0, 0.05) is 12.2 Å². The van der Waals surface area contributed by atoms with Gasteiger partial charge in [-0.3, -0.25) is 0 Å². The van der Waals surface area contributed by atoms with E-state index >= 15 is 0 Å². The van der Waals surface area contributed by atoms with Gasteiger partial charge in [-0.25, -0.2) is 4.39 Å². The van der Waals surface area contributed by atoms with Gasteiger partial charge in [0.1, 0.15) is 18.2 Å². The lowest BCUT2D eigenvalue weighted by Gasteiger charge is -2.22. The van der Waals surface area contributed by atoms with Crippen LogP contribution in [-0.2, 0) is 13.0 Å². The first-order chi connectivity index (χ1) is 14.8. The first-order valence-corrected chi connectivity index (χ1v) is 11.1. The van der Waals surface area contributed by atoms with Gasteiger partial charge in [0.2, 0.25) is 0 Å². The zero-order valence-electron chi connectivity index (χ0n) is 17.4. The van der Waals surface area contributed by atoms with Crippen molar-refractivity contribution >= 4 is 5.69 Å². The predicted molar refractivity (Wildman–Crippen MR) is 122 cm³/mol. The van der Waals surface area contributed by atoms with Crippen molar-refractivity contribution in [2.24, 2.45) is 0 Å². The van der Waals surface area contributed by atoms with Crippen LogP contribution >= 0.6 is 0 Å². The number of anilines is 1. The Labute approximate surface area is 179 Å². The molecule has 0 saturated heterocycles. The summed E-state index contributed by atoms with van der Waals surface area (Å²) < 4.78 is 19.9. The van der Waals surface area contributed by atoms with E-state index in [0.29, 0.717) is 12.5 Å². The summed E-state index contributed by atoms with van der Waals surface area (Å²) in [6.07, 6.45) is 7.40. The largest absolute Gasteiger partial charge is 0.489 e. The number of ether oxygens (including phenoxy) is 1. The molecule has 30 heavy (non-hydrogen) atoms. The summed E-state index contributed by atoms with van der Waals surface area (Å²) >= 11 is 0. The minimum absolute atomic E-state index is 0.203. The molecular formula is C27H30FNO. The van der Waals surface area contributed by atoms with Crippen LogP contribution in [0, 0.1) is 5.82 Å². The highest BCUT2D eigenvalue weighted by Crippen LogP contribution is 2.33. The quantitative estimate of drug-likeness (QED) is 0.433. The van der Waals surface area contributed by atoms with Crippen LogP contribution in [0.2, 0.25) is 0 Å². The van der Waals surface area contributed by atoms with Crippen molar-refractivity contribution in [3.63, 3.8) is 0 Å². The highest BCUT2D eigenvalue weighted by atomic mass is 19.1. The van der Waals surface area contributed by atoms with Gasteiger partial charge >= 0.3 is 0 Å². The van der Waals surface area contributed by atoms with Gasteiger partial charge in [-0.1, -0.05) is 55.7 Å². The molecular weight excluding hydrogens is 373 g/mol. The molecule has 1 fully saturated rings. The summed E-state index contributed by atoms with van der Waals surface area (Å²) in [5.41, 5.74) is 4.51. The Balaban J connectivity index is 1.34. The maximum absolute atomic E-state index is 13.8. The molecule has 4 rings (SSSR count). The standard InChI is InChI=1S/C27H30FNO/c28-25-14-11-24(23(19-25)17-18-29-26-9-5-2-6-10-26)20-30-27-15-12-22(13-16-27)21-7-3-1-4-8-21/h2,5-6,9-16,19,21,29H,1,3-4,7-8,17-18,20H2. The molecule has 0 spiro atoms. The number of nitrogens with one attached hydrogen (secondary N) is 1. The van der Waals surface area contributed by atoms with Crippen LogP contribution in [-0.4, -0.2) is 6.54 Å². The molecule has 1 N–H and O–H groups in total. The Morgan fingerprint density at radius 2 is 1.60 bits per heavy atom. The van der Waals surface area contributed by atoms with Crippen LogP contribution in [0.5, 0.6) is 5.75 Å². The second kappa shape index (κ2) is 10.3. The zero-order valence-corrected chi connectivity index (χ0v) is 17.4. The molecule has 3 aromatic carbocycles. The minimum Gasteiger partial charge on any atom is -0.489 e. The molecule has 2 nitrogen and oxygen atoms in total. The van der Waals surface area contributed by atoms with E-state index in [1.54, 1.807) is 6.07 Å². The van der Waals surface area contributed by atoms with E-state index in [4.69, 9.17) is 4.74 Å². The van der Waals surface area contributed by atoms with Gasteiger partial charge < -0.3 is 10.1 Å². The van der Waals surface area contributed by atoms with Crippen LogP contribution in [0.15, 0.2) is 72.8 Å². The summed E-state index contributed by atoms with van der Waals surface area (Å²) in [5.74, 6) is 1.37. The first-order valence-electron chi connectivity index (χ1n) is 11.1. The highest BCUT2D eigenvalue weighted by Gasteiger charge is 2.15. The Bertz CT molecular complexity index is 917. The van der Waals surface area contributed by atoms with E-state index < -0.39 is 0 Å². The van der Waals surface area contributed by atoms with Crippen molar-refractivity contribution in [1.29, 1.82) is 0 Å². The summed E-state index contributed by atoms with van der Waals surface area (Å²) in [7, 11) is 0. The third-order valence-electron chi connectivity index (χ3n) is 6.02. The Kier molecular flexibility index (Phi) is 7.02. The lowest BCUT2D eigenvalue weighted by Crippen LogP contribution is -2.08. The van der Waals surface area contributed by atoms with Crippen LogP contribution in [0.3, 0.4) is 0 Å². The number of halogens is 1. The monoisotopic (exact) mass is 403 g/mol.